The first-order valence-corrected chi connectivity index (χ1v) is 6.68. The Bertz CT molecular complexity index is 382. The number of carbonyl (C=O) groups excluding carboxylic acids is 1. The highest BCUT2D eigenvalue weighted by Crippen LogP contribution is 2.01. The van der Waals surface area contributed by atoms with Crippen LogP contribution in [-0.2, 0) is 11.3 Å². The first-order valence-electron chi connectivity index (χ1n) is 5.29. The van der Waals surface area contributed by atoms with Crippen molar-refractivity contribution in [3.63, 3.8) is 0 Å². The molecular formula is C10H15N3O4S. The molecular weight excluding hydrogens is 258 g/mol. The van der Waals surface area contributed by atoms with Gasteiger partial charge in [0, 0.05) is 6.07 Å². The molecule has 0 unspecified atom stereocenters. The molecule has 0 saturated heterocycles. The Morgan fingerprint density at radius 2 is 2.39 bits per heavy atom. The molecule has 1 heterocycles. The van der Waals surface area contributed by atoms with Crippen LogP contribution >= 0.6 is 11.8 Å². The summed E-state index contributed by atoms with van der Waals surface area (Å²) in [4.78, 5) is 22.4. The Labute approximate surface area is 108 Å². The Hall–Kier alpha value is -1.70. The van der Waals surface area contributed by atoms with E-state index in [9.17, 15) is 9.59 Å². The maximum absolute atomic E-state index is 11.5. The van der Waals surface area contributed by atoms with E-state index in [2.05, 4.69) is 20.3 Å². The summed E-state index contributed by atoms with van der Waals surface area (Å²) in [6.07, 6.45) is 3.66. The van der Waals surface area contributed by atoms with E-state index in [0.717, 1.165) is 0 Å². The summed E-state index contributed by atoms with van der Waals surface area (Å²) in [5.41, 5.74) is 0.570. The van der Waals surface area contributed by atoms with Crippen LogP contribution in [0.4, 0.5) is 4.79 Å². The monoisotopic (exact) mass is 273 g/mol. The van der Waals surface area contributed by atoms with Gasteiger partial charge in [0.2, 0.25) is 0 Å². The molecule has 0 saturated carbocycles. The Morgan fingerprint density at radius 1 is 1.61 bits per heavy atom. The third kappa shape index (κ3) is 5.09. The molecule has 0 fully saturated rings. The highest BCUT2D eigenvalue weighted by atomic mass is 32.2. The van der Waals surface area contributed by atoms with Crippen LogP contribution in [0.5, 0.6) is 0 Å². The van der Waals surface area contributed by atoms with Crippen LogP contribution in [0.2, 0.25) is 0 Å². The average molecular weight is 273 g/mol. The molecule has 100 valence electrons. The van der Waals surface area contributed by atoms with E-state index in [1.54, 1.807) is 6.07 Å². The molecule has 1 aromatic rings. The molecule has 0 radical (unpaired) electrons. The number of thioether (sulfide) groups is 1. The fraction of sp³-hybridized carbons (Fsp3) is 0.500. The zero-order valence-electron chi connectivity index (χ0n) is 9.88. The van der Waals surface area contributed by atoms with Crippen molar-refractivity contribution in [3.05, 3.63) is 18.0 Å². The molecule has 0 bridgehead atoms. The van der Waals surface area contributed by atoms with Crippen molar-refractivity contribution in [1.82, 2.24) is 15.8 Å². The zero-order chi connectivity index (χ0) is 13.4. The van der Waals surface area contributed by atoms with E-state index in [4.69, 9.17) is 5.11 Å². The number of nitrogens with one attached hydrogen (secondary N) is 2. The zero-order valence-corrected chi connectivity index (χ0v) is 10.7. The van der Waals surface area contributed by atoms with Crippen molar-refractivity contribution in [2.45, 2.75) is 19.0 Å². The van der Waals surface area contributed by atoms with Crippen molar-refractivity contribution in [1.29, 1.82) is 0 Å². The number of urea groups is 1. The summed E-state index contributed by atoms with van der Waals surface area (Å²) in [6.45, 7) is 0.192. The fourth-order valence-corrected chi connectivity index (χ4v) is 1.67. The Morgan fingerprint density at radius 3 is 2.94 bits per heavy atom. The molecule has 18 heavy (non-hydrogen) atoms. The maximum atomic E-state index is 11.5. The molecule has 0 spiro atoms. The molecule has 1 aromatic heterocycles. The predicted octanol–water partition coefficient (Wildman–Crippen LogP) is 0.680. The van der Waals surface area contributed by atoms with Gasteiger partial charge in [-0.25, -0.2) is 9.59 Å². The number of rotatable bonds is 7. The second-order valence-electron chi connectivity index (χ2n) is 3.49. The number of amides is 2. The van der Waals surface area contributed by atoms with Gasteiger partial charge in [0.05, 0.1) is 6.54 Å². The van der Waals surface area contributed by atoms with E-state index in [1.165, 1.54) is 18.0 Å². The minimum absolute atomic E-state index is 0.192. The van der Waals surface area contributed by atoms with Crippen LogP contribution in [0.1, 0.15) is 12.1 Å². The lowest BCUT2D eigenvalue weighted by atomic mass is 10.2. The van der Waals surface area contributed by atoms with Crippen molar-refractivity contribution in [2.24, 2.45) is 0 Å². The van der Waals surface area contributed by atoms with E-state index in [0.29, 0.717) is 17.9 Å². The van der Waals surface area contributed by atoms with Gasteiger partial charge in [-0.3, -0.25) is 0 Å². The lowest BCUT2D eigenvalue weighted by Gasteiger charge is -2.14. The van der Waals surface area contributed by atoms with Gasteiger partial charge in [0.25, 0.3) is 0 Å². The first kappa shape index (κ1) is 14.4. The molecule has 0 aliphatic heterocycles. The summed E-state index contributed by atoms with van der Waals surface area (Å²) in [5, 5.41) is 17.4. The van der Waals surface area contributed by atoms with Crippen LogP contribution in [0.15, 0.2) is 16.9 Å². The molecule has 1 rings (SSSR count). The van der Waals surface area contributed by atoms with Gasteiger partial charge in [-0.15, -0.1) is 0 Å². The third-order valence-corrected chi connectivity index (χ3v) is 2.78. The van der Waals surface area contributed by atoms with Gasteiger partial charge in [-0.1, -0.05) is 5.16 Å². The smallest absolute Gasteiger partial charge is 0.326 e. The number of hydrogen-bond acceptors (Lipinski definition) is 5. The number of aromatic nitrogens is 1. The largest absolute Gasteiger partial charge is 0.480 e. The molecule has 1 atom stereocenters. The third-order valence-electron chi connectivity index (χ3n) is 2.14. The van der Waals surface area contributed by atoms with Crippen LogP contribution < -0.4 is 10.6 Å². The topological polar surface area (TPSA) is 104 Å². The number of carboxylic acid groups (broad SMARTS) is 1. The molecule has 8 heteroatoms. The van der Waals surface area contributed by atoms with Crippen molar-refractivity contribution in [3.8, 4) is 0 Å². The highest BCUT2D eigenvalue weighted by Gasteiger charge is 2.19. The SMILES string of the molecule is CSCC[C@H](NC(=O)NCc1ccon1)C(=O)O. The second-order valence-corrected chi connectivity index (χ2v) is 4.48. The van der Waals surface area contributed by atoms with E-state index in [1.807, 2.05) is 6.26 Å². The molecule has 2 amide bonds. The lowest BCUT2D eigenvalue weighted by Crippen LogP contribution is -2.46. The highest BCUT2D eigenvalue weighted by molar-refractivity contribution is 7.98. The summed E-state index contributed by atoms with van der Waals surface area (Å²) in [5.74, 6) is -0.374. The van der Waals surface area contributed by atoms with Crippen molar-refractivity contribution < 1.29 is 19.2 Å². The number of nitrogens with zero attached hydrogens (tertiary/aromatic N) is 1. The van der Waals surface area contributed by atoms with Gasteiger partial charge in [-0.05, 0) is 18.4 Å². The molecule has 0 aliphatic carbocycles. The summed E-state index contributed by atoms with van der Waals surface area (Å²) in [6, 6.07) is 0.198. The first-order chi connectivity index (χ1) is 8.63. The minimum atomic E-state index is -1.04. The summed E-state index contributed by atoms with van der Waals surface area (Å²) >= 11 is 1.53. The predicted molar refractivity (Wildman–Crippen MR) is 66.3 cm³/mol. The fourth-order valence-electron chi connectivity index (χ4n) is 1.20. The number of carboxylic acids is 1. The number of hydrogen-bond donors (Lipinski definition) is 3. The van der Waals surface area contributed by atoms with Crippen LogP contribution in [-0.4, -0.2) is 40.3 Å². The number of carbonyl (C=O) groups is 2. The standard InChI is InChI=1S/C10H15N3O4S/c1-18-5-3-8(9(14)15)12-10(16)11-6-7-2-4-17-13-7/h2,4,8H,3,5-6H2,1H3,(H,14,15)(H2,11,12,16)/t8-/m0/s1. The van der Waals surface area contributed by atoms with E-state index < -0.39 is 18.0 Å². The Kier molecular flexibility index (Phi) is 6.06. The van der Waals surface area contributed by atoms with Gasteiger partial charge >= 0.3 is 12.0 Å². The van der Waals surface area contributed by atoms with Crippen molar-refractivity contribution in [2.75, 3.05) is 12.0 Å². The summed E-state index contributed by atoms with van der Waals surface area (Å²) in [7, 11) is 0. The van der Waals surface area contributed by atoms with Crippen LogP contribution in [0.3, 0.4) is 0 Å². The van der Waals surface area contributed by atoms with Gasteiger partial charge in [-0.2, -0.15) is 11.8 Å². The Balaban J connectivity index is 2.34. The lowest BCUT2D eigenvalue weighted by molar-refractivity contribution is -0.139. The molecule has 3 N–H and O–H groups in total. The quantitative estimate of drug-likeness (QED) is 0.675. The average Bonchev–Trinajstić information content (AvgIpc) is 2.84. The maximum Gasteiger partial charge on any atom is 0.326 e. The normalized spacial score (nSPS) is 11.8. The second kappa shape index (κ2) is 7.59. The van der Waals surface area contributed by atoms with E-state index in [-0.39, 0.29) is 6.54 Å². The molecule has 0 aromatic carbocycles. The summed E-state index contributed by atoms with van der Waals surface area (Å²) < 4.78 is 4.60. The van der Waals surface area contributed by atoms with E-state index >= 15 is 0 Å². The van der Waals surface area contributed by atoms with Gasteiger partial charge < -0.3 is 20.3 Å². The minimum Gasteiger partial charge on any atom is -0.480 e. The van der Waals surface area contributed by atoms with Gasteiger partial charge in [0.15, 0.2) is 0 Å². The molecule has 7 nitrogen and oxygen atoms in total. The van der Waals surface area contributed by atoms with Gasteiger partial charge in [0.1, 0.15) is 18.0 Å². The van der Waals surface area contributed by atoms with Crippen molar-refractivity contribution >= 4 is 23.8 Å². The molecule has 0 aliphatic rings. The van der Waals surface area contributed by atoms with Crippen LogP contribution in [0.25, 0.3) is 0 Å². The number of aliphatic carboxylic acids is 1. The van der Waals surface area contributed by atoms with Crippen LogP contribution in [0, 0.1) is 0 Å².